The second kappa shape index (κ2) is 3.72. The smallest absolute Gasteiger partial charge is 0.0539 e. The number of benzene rings is 2. The van der Waals surface area contributed by atoms with Crippen molar-refractivity contribution in [2.75, 3.05) is 0 Å². The molecule has 3 aromatic rings. The Morgan fingerprint density at radius 2 is 1.69 bits per heavy atom. The van der Waals surface area contributed by atoms with Crippen LogP contribution in [0.5, 0.6) is 0 Å². The van der Waals surface area contributed by atoms with E-state index in [4.69, 9.17) is 0 Å². The van der Waals surface area contributed by atoms with E-state index < -0.39 is 0 Å². The molecule has 0 fully saturated rings. The van der Waals surface area contributed by atoms with E-state index in [1.54, 1.807) is 0 Å². The Balaban J connectivity index is 2.29. The SMILES string of the molecule is Sc1ccc2ccn(-c3ccccc3)c2c1. The summed E-state index contributed by atoms with van der Waals surface area (Å²) in [6.07, 6.45) is 2.09. The van der Waals surface area contributed by atoms with E-state index in [0.717, 1.165) is 4.90 Å². The monoisotopic (exact) mass is 225 g/mol. The molecule has 0 aliphatic heterocycles. The lowest BCUT2D eigenvalue weighted by Crippen LogP contribution is -1.90. The van der Waals surface area contributed by atoms with Crippen LogP contribution in [-0.4, -0.2) is 4.57 Å². The van der Waals surface area contributed by atoms with Crippen molar-refractivity contribution in [3.8, 4) is 5.69 Å². The first-order valence-corrected chi connectivity index (χ1v) is 5.65. The maximum atomic E-state index is 4.38. The third-order valence-corrected chi connectivity index (χ3v) is 2.99. The van der Waals surface area contributed by atoms with E-state index >= 15 is 0 Å². The second-order valence-corrected chi connectivity index (χ2v) is 4.28. The summed E-state index contributed by atoms with van der Waals surface area (Å²) in [7, 11) is 0. The van der Waals surface area contributed by atoms with E-state index in [0.29, 0.717) is 0 Å². The lowest BCUT2D eigenvalue weighted by Gasteiger charge is -2.05. The predicted molar refractivity (Wildman–Crippen MR) is 70.5 cm³/mol. The van der Waals surface area contributed by atoms with Crippen molar-refractivity contribution in [1.82, 2.24) is 4.57 Å². The van der Waals surface area contributed by atoms with Gasteiger partial charge in [-0.25, -0.2) is 0 Å². The van der Waals surface area contributed by atoms with Crippen LogP contribution < -0.4 is 0 Å². The Hall–Kier alpha value is -1.67. The predicted octanol–water partition coefficient (Wildman–Crippen LogP) is 3.92. The molecular weight excluding hydrogens is 214 g/mol. The molecule has 1 heterocycles. The molecule has 0 saturated heterocycles. The van der Waals surface area contributed by atoms with Crippen molar-refractivity contribution in [3.63, 3.8) is 0 Å². The summed E-state index contributed by atoms with van der Waals surface area (Å²) >= 11 is 4.38. The van der Waals surface area contributed by atoms with Crippen LogP contribution in [0, 0.1) is 0 Å². The molecule has 0 N–H and O–H groups in total. The van der Waals surface area contributed by atoms with Gasteiger partial charge < -0.3 is 4.57 Å². The normalized spacial score (nSPS) is 10.8. The minimum absolute atomic E-state index is 0.989. The molecule has 2 aromatic carbocycles. The van der Waals surface area contributed by atoms with Gasteiger partial charge in [0.05, 0.1) is 5.52 Å². The van der Waals surface area contributed by atoms with Gasteiger partial charge in [-0.3, -0.25) is 0 Å². The fraction of sp³-hybridized carbons (Fsp3) is 0. The molecule has 0 radical (unpaired) electrons. The molecule has 1 nitrogen and oxygen atoms in total. The minimum Gasteiger partial charge on any atom is -0.317 e. The summed E-state index contributed by atoms with van der Waals surface area (Å²) in [6, 6.07) is 18.6. The van der Waals surface area contributed by atoms with Crippen LogP contribution in [0.25, 0.3) is 16.6 Å². The van der Waals surface area contributed by atoms with E-state index in [9.17, 15) is 0 Å². The Bertz CT molecular complexity index is 626. The third kappa shape index (κ3) is 1.51. The van der Waals surface area contributed by atoms with Gasteiger partial charge in [-0.05, 0) is 30.3 Å². The molecule has 2 heteroatoms. The van der Waals surface area contributed by atoms with E-state index in [-0.39, 0.29) is 0 Å². The highest BCUT2D eigenvalue weighted by molar-refractivity contribution is 7.80. The van der Waals surface area contributed by atoms with Crippen LogP contribution >= 0.6 is 12.6 Å². The van der Waals surface area contributed by atoms with Crippen LogP contribution in [0.1, 0.15) is 0 Å². The van der Waals surface area contributed by atoms with Crippen LogP contribution in [0.4, 0.5) is 0 Å². The molecule has 78 valence electrons. The Morgan fingerprint density at radius 1 is 0.875 bits per heavy atom. The summed E-state index contributed by atoms with van der Waals surface area (Å²) in [6.45, 7) is 0. The zero-order chi connectivity index (χ0) is 11.0. The molecule has 0 aliphatic carbocycles. The van der Waals surface area contributed by atoms with Crippen molar-refractivity contribution in [2.45, 2.75) is 4.90 Å². The fourth-order valence-corrected chi connectivity index (χ4v) is 2.13. The summed E-state index contributed by atoms with van der Waals surface area (Å²) < 4.78 is 2.18. The first kappa shape index (κ1) is 9.55. The van der Waals surface area contributed by atoms with E-state index in [1.807, 2.05) is 24.3 Å². The molecule has 16 heavy (non-hydrogen) atoms. The number of nitrogens with zero attached hydrogens (tertiary/aromatic N) is 1. The molecule has 0 unspecified atom stereocenters. The van der Waals surface area contributed by atoms with Gasteiger partial charge in [0.1, 0.15) is 0 Å². The topological polar surface area (TPSA) is 4.93 Å². The highest BCUT2D eigenvalue weighted by atomic mass is 32.1. The van der Waals surface area contributed by atoms with Crippen molar-refractivity contribution in [1.29, 1.82) is 0 Å². The van der Waals surface area contributed by atoms with Crippen molar-refractivity contribution in [3.05, 3.63) is 60.8 Å². The third-order valence-electron chi connectivity index (χ3n) is 2.71. The van der Waals surface area contributed by atoms with Crippen LogP contribution in [0.2, 0.25) is 0 Å². The molecule has 0 bridgehead atoms. The standard InChI is InChI=1S/C14H11NS/c16-13-7-6-11-8-9-15(14(11)10-13)12-4-2-1-3-5-12/h1-10,16H. The van der Waals surface area contributed by atoms with Crippen LogP contribution in [-0.2, 0) is 0 Å². The van der Waals surface area contributed by atoms with Gasteiger partial charge in [-0.15, -0.1) is 12.6 Å². The Labute approximate surface area is 99.7 Å². The number of aromatic nitrogens is 1. The summed E-state index contributed by atoms with van der Waals surface area (Å²) in [5.74, 6) is 0. The number of hydrogen-bond donors (Lipinski definition) is 1. The van der Waals surface area contributed by atoms with Crippen LogP contribution in [0.3, 0.4) is 0 Å². The number of thiol groups is 1. The Kier molecular flexibility index (Phi) is 2.22. The lowest BCUT2D eigenvalue weighted by atomic mass is 10.2. The van der Waals surface area contributed by atoms with Crippen molar-refractivity contribution in [2.24, 2.45) is 0 Å². The average Bonchev–Trinajstić information content (AvgIpc) is 2.73. The molecule has 0 saturated carbocycles. The maximum Gasteiger partial charge on any atom is 0.0539 e. The first-order chi connectivity index (χ1) is 7.84. The van der Waals surface area contributed by atoms with Gasteiger partial charge in [0.25, 0.3) is 0 Å². The van der Waals surface area contributed by atoms with Crippen LogP contribution in [0.15, 0.2) is 65.7 Å². The van der Waals surface area contributed by atoms with E-state index in [1.165, 1.54) is 16.6 Å². The summed E-state index contributed by atoms with van der Waals surface area (Å²) in [5.41, 5.74) is 2.37. The van der Waals surface area contributed by atoms with Crippen molar-refractivity contribution >= 4 is 23.5 Å². The average molecular weight is 225 g/mol. The lowest BCUT2D eigenvalue weighted by molar-refractivity contribution is 1.12. The minimum atomic E-state index is 0.989. The molecule has 0 aliphatic rings. The number of hydrogen-bond acceptors (Lipinski definition) is 1. The fourth-order valence-electron chi connectivity index (χ4n) is 1.93. The highest BCUT2D eigenvalue weighted by Crippen LogP contribution is 2.22. The Morgan fingerprint density at radius 3 is 2.50 bits per heavy atom. The largest absolute Gasteiger partial charge is 0.317 e. The van der Waals surface area contributed by atoms with Gasteiger partial charge in [0.15, 0.2) is 0 Å². The highest BCUT2D eigenvalue weighted by Gasteiger charge is 2.02. The quantitative estimate of drug-likeness (QED) is 0.599. The number of para-hydroxylation sites is 1. The maximum absolute atomic E-state index is 4.38. The van der Waals surface area contributed by atoms with Crippen molar-refractivity contribution < 1.29 is 0 Å². The first-order valence-electron chi connectivity index (χ1n) is 5.20. The molecular formula is C14H11NS. The van der Waals surface area contributed by atoms with Gasteiger partial charge in [0.2, 0.25) is 0 Å². The summed E-state index contributed by atoms with van der Waals surface area (Å²) in [5, 5.41) is 1.24. The van der Waals surface area contributed by atoms with Gasteiger partial charge >= 0.3 is 0 Å². The van der Waals surface area contributed by atoms with E-state index in [2.05, 4.69) is 53.7 Å². The zero-order valence-corrected chi connectivity index (χ0v) is 9.56. The molecule has 3 rings (SSSR count). The second-order valence-electron chi connectivity index (χ2n) is 3.76. The number of fused-ring (bicyclic) bond motifs is 1. The number of rotatable bonds is 1. The van der Waals surface area contributed by atoms with Gasteiger partial charge in [0, 0.05) is 22.2 Å². The van der Waals surface area contributed by atoms with Gasteiger partial charge in [-0.2, -0.15) is 0 Å². The summed E-state index contributed by atoms with van der Waals surface area (Å²) in [4.78, 5) is 0.989. The molecule has 0 amide bonds. The van der Waals surface area contributed by atoms with Gasteiger partial charge in [-0.1, -0.05) is 24.3 Å². The zero-order valence-electron chi connectivity index (χ0n) is 8.67. The molecule has 0 atom stereocenters. The molecule has 1 aromatic heterocycles. The molecule has 0 spiro atoms.